The minimum absolute atomic E-state index is 0.0481. The van der Waals surface area contributed by atoms with Crippen molar-refractivity contribution >= 4 is 29.1 Å². The minimum Gasteiger partial charge on any atom is -0.482 e. The third-order valence-electron chi connectivity index (χ3n) is 3.52. The van der Waals surface area contributed by atoms with E-state index in [9.17, 15) is 9.90 Å². The van der Waals surface area contributed by atoms with Crippen LogP contribution < -0.4 is 4.74 Å². The average molecular weight is 333 g/mol. The maximum atomic E-state index is 12.1. The highest BCUT2D eigenvalue weighted by molar-refractivity contribution is 6.35. The van der Waals surface area contributed by atoms with E-state index < -0.39 is 6.10 Å². The molecule has 0 spiro atoms. The Kier molecular flexibility index (Phi) is 5.32. The van der Waals surface area contributed by atoms with Crippen LogP contribution in [0, 0.1) is 0 Å². The van der Waals surface area contributed by atoms with Gasteiger partial charge in [0.1, 0.15) is 5.75 Å². The second kappa shape index (κ2) is 6.83. The predicted octanol–water partition coefficient (Wildman–Crippen LogP) is 1.51. The second-order valence-electron chi connectivity index (χ2n) is 5.26. The molecule has 0 aliphatic carbocycles. The zero-order chi connectivity index (χ0) is 15.6. The Morgan fingerprint density at radius 1 is 1.43 bits per heavy atom. The van der Waals surface area contributed by atoms with E-state index >= 15 is 0 Å². The molecule has 1 N–H and O–H groups in total. The molecule has 5 nitrogen and oxygen atoms in total. The van der Waals surface area contributed by atoms with Crippen molar-refractivity contribution in [3.63, 3.8) is 0 Å². The highest BCUT2D eigenvalue weighted by atomic mass is 35.5. The molecular weight excluding hydrogens is 315 g/mol. The topological polar surface area (TPSA) is 53.0 Å². The fourth-order valence-electron chi connectivity index (χ4n) is 2.30. The first-order valence-corrected chi connectivity index (χ1v) is 7.34. The third-order valence-corrected chi connectivity index (χ3v) is 4.05. The molecule has 7 heteroatoms. The van der Waals surface area contributed by atoms with Crippen molar-refractivity contribution in [3.8, 4) is 5.75 Å². The molecule has 0 radical (unpaired) electrons. The number of ether oxygens (including phenoxy) is 1. The average Bonchev–Trinajstić information content (AvgIpc) is 2.80. The molecule has 2 atom stereocenters. The maximum Gasteiger partial charge on any atom is 0.260 e. The number of amides is 1. The molecule has 1 amide bonds. The molecule has 2 rings (SSSR count). The zero-order valence-corrected chi connectivity index (χ0v) is 13.4. The molecule has 0 saturated carbocycles. The lowest BCUT2D eigenvalue weighted by atomic mass is 10.2. The van der Waals surface area contributed by atoms with E-state index in [1.54, 1.807) is 23.1 Å². The Bertz CT molecular complexity index is 525. The van der Waals surface area contributed by atoms with E-state index in [1.165, 1.54) is 0 Å². The van der Waals surface area contributed by atoms with Crippen LogP contribution in [0.15, 0.2) is 18.2 Å². The van der Waals surface area contributed by atoms with Gasteiger partial charge in [-0.3, -0.25) is 4.79 Å². The lowest BCUT2D eigenvalue weighted by Crippen LogP contribution is -2.38. The number of aliphatic hydroxyl groups is 1. The molecular formula is C14H18Cl2N2O3. The summed E-state index contributed by atoms with van der Waals surface area (Å²) in [5, 5.41) is 10.8. The number of hydrogen-bond donors (Lipinski definition) is 1. The van der Waals surface area contributed by atoms with E-state index in [4.69, 9.17) is 27.9 Å². The Morgan fingerprint density at radius 3 is 2.71 bits per heavy atom. The van der Waals surface area contributed by atoms with E-state index in [1.807, 2.05) is 19.0 Å². The number of carbonyl (C=O) groups is 1. The van der Waals surface area contributed by atoms with Crippen LogP contribution in [0.5, 0.6) is 5.75 Å². The van der Waals surface area contributed by atoms with E-state index in [2.05, 4.69) is 0 Å². The predicted molar refractivity (Wildman–Crippen MR) is 82.0 cm³/mol. The highest BCUT2D eigenvalue weighted by Gasteiger charge is 2.35. The number of β-amino-alcohol motifs (C(OH)–C–C–N with tert-alkyl or cyclic N) is 1. The van der Waals surface area contributed by atoms with Crippen LogP contribution in [0.1, 0.15) is 0 Å². The third kappa shape index (κ3) is 4.01. The number of likely N-dealkylation sites (N-methyl/N-ethyl adjacent to an activating group) is 1. The monoisotopic (exact) mass is 332 g/mol. The molecule has 1 aromatic carbocycles. The van der Waals surface area contributed by atoms with Gasteiger partial charge in [-0.2, -0.15) is 0 Å². The van der Waals surface area contributed by atoms with Gasteiger partial charge in [-0.25, -0.2) is 0 Å². The summed E-state index contributed by atoms with van der Waals surface area (Å²) >= 11 is 11.8. The SMILES string of the molecule is CN(C)[C@H]1CN(C(=O)COc2ccc(Cl)cc2Cl)C[C@@H]1O. The second-order valence-corrected chi connectivity index (χ2v) is 6.10. The van der Waals surface area contributed by atoms with Crippen LogP contribution in [0.2, 0.25) is 10.0 Å². The van der Waals surface area contributed by atoms with Gasteiger partial charge in [-0.05, 0) is 32.3 Å². The number of nitrogens with zero attached hydrogens (tertiary/aromatic N) is 2. The molecule has 1 saturated heterocycles. The summed E-state index contributed by atoms with van der Waals surface area (Å²) in [6.45, 7) is 0.693. The van der Waals surface area contributed by atoms with Gasteiger partial charge in [-0.15, -0.1) is 0 Å². The Labute approximate surface area is 134 Å². The Hall–Kier alpha value is -1.01. The minimum atomic E-state index is -0.539. The van der Waals surface area contributed by atoms with E-state index in [0.29, 0.717) is 28.9 Å². The van der Waals surface area contributed by atoms with Crippen molar-refractivity contribution in [1.29, 1.82) is 0 Å². The lowest BCUT2D eigenvalue weighted by Gasteiger charge is -2.21. The van der Waals surface area contributed by atoms with E-state index in [-0.39, 0.29) is 18.6 Å². The van der Waals surface area contributed by atoms with Crippen molar-refractivity contribution in [2.75, 3.05) is 33.8 Å². The molecule has 116 valence electrons. The van der Waals surface area contributed by atoms with Crippen LogP contribution in [0.3, 0.4) is 0 Å². The summed E-state index contributed by atoms with van der Waals surface area (Å²) in [6, 6.07) is 4.78. The fourth-order valence-corrected chi connectivity index (χ4v) is 2.77. The molecule has 21 heavy (non-hydrogen) atoms. The molecule has 0 bridgehead atoms. The molecule has 1 heterocycles. The highest BCUT2D eigenvalue weighted by Crippen LogP contribution is 2.27. The van der Waals surface area contributed by atoms with Crippen LogP contribution in [-0.4, -0.2) is 66.8 Å². The number of hydrogen-bond acceptors (Lipinski definition) is 4. The largest absolute Gasteiger partial charge is 0.482 e. The first kappa shape index (κ1) is 16.4. The number of likely N-dealkylation sites (tertiary alicyclic amines) is 1. The van der Waals surface area contributed by atoms with Crippen molar-refractivity contribution in [2.24, 2.45) is 0 Å². The summed E-state index contributed by atoms with van der Waals surface area (Å²) < 4.78 is 5.42. The summed E-state index contributed by atoms with van der Waals surface area (Å²) in [7, 11) is 3.76. The van der Waals surface area contributed by atoms with Crippen LogP contribution >= 0.6 is 23.2 Å². The Morgan fingerprint density at radius 2 is 2.14 bits per heavy atom. The van der Waals surface area contributed by atoms with Gasteiger partial charge in [0.25, 0.3) is 5.91 Å². The van der Waals surface area contributed by atoms with Gasteiger partial charge in [0.2, 0.25) is 0 Å². The number of aliphatic hydroxyl groups excluding tert-OH is 1. The van der Waals surface area contributed by atoms with Crippen molar-refractivity contribution < 1.29 is 14.6 Å². The lowest BCUT2D eigenvalue weighted by molar-refractivity contribution is -0.132. The Balaban J connectivity index is 1.91. The standard InChI is InChI=1S/C14H18Cl2N2O3/c1-17(2)11-6-18(7-12(11)19)14(20)8-21-13-4-3-9(15)5-10(13)16/h3-5,11-12,19H,6-8H2,1-2H3/t11-,12-/m0/s1. The number of rotatable bonds is 4. The molecule has 1 fully saturated rings. The summed E-state index contributed by atoms with van der Waals surface area (Å²) in [5.74, 6) is 0.239. The maximum absolute atomic E-state index is 12.1. The van der Waals surface area contributed by atoms with Gasteiger partial charge < -0.3 is 19.6 Å². The molecule has 1 aliphatic heterocycles. The van der Waals surface area contributed by atoms with E-state index in [0.717, 1.165) is 0 Å². The first-order valence-electron chi connectivity index (χ1n) is 6.58. The molecule has 1 aromatic rings. The zero-order valence-electron chi connectivity index (χ0n) is 11.9. The summed E-state index contributed by atoms with van der Waals surface area (Å²) in [4.78, 5) is 15.6. The molecule has 0 unspecified atom stereocenters. The van der Waals surface area contributed by atoms with Crippen LogP contribution in [-0.2, 0) is 4.79 Å². The van der Waals surface area contributed by atoms with Crippen LogP contribution in [0.4, 0.5) is 0 Å². The van der Waals surface area contributed by atoms with Crippen LogP contribution in [0.25, 0.3) is 0 Å². The number of carbonyl (C=O) groups excluding carboxylic acids is 1. The van der Waals surface area contributed by atoms with Gasteiger partial charge in [0, 0.05) is 18.1 Å². The summed E-state index contributed by atoms with van der Waals surface area (Å²) in [6.07, 6.45) is -0.539. The van der Waals surface area contributed by atoms with Crippen molar-refractivity contribution in [3.05, 3.63) is 28.2 Å². The normalized spacial score (nSPS) is 21.9. The smallest absolute Gasteiger partial charge is 0.260 e. The molecule has 1 aliphatic rings. The van der Waals surface area contributed by atoms with Gasteiger partial charge >= 0.3 is 0 Å². The van der Waals surface area contributed by atoms with Crippen molar-refractivity contribution in [2.45, 2.75) is 12.1 Å². The summed E-state index contributed by atoms with van der Waals surface area (Å²) in [5.41, 5.74) is 0. The molecule has 0 aromatic heterocycles. The van der Waals surface area contributed by atoms with Gasteiger partial charge in [0.15, 0.2) is 6.61 Å². The van der Waals surface area contributed by atoms with Crippen molar-refractivity contribution in [1.82, 2.24) is 9.80 Å². The fraction of sp³-hybridized carbons (Fsp3) is 0.500. The van der Waals surface area contributed by atoms with Gasteiger partial charge in [-0.1, -0.05) is 23.2 Å². The van der Waals surface area contributed by atoms with Gasteiger partial charge in [0.05, 0.1) is 17.2 Å². The number of benzene rings is 1. The number of halogens is 2. The quantitative estimate of drug-likeness (QED) is 0.907. The first-order chi connectivity index (χ1) is 9.88.